The number of carbonyl (C=O) groups excluding carboxylic acids is 2. The lowest BCUT2D eigenvalue weighted by Crippen LogP contribution is -2.46. The summed E-state index contributed by atoms with van der Waals surface area (Å²) in [6.07, 6.45) is 4.68. The number of amides is 2. The molecule has 1 atom stereocenters. The first-order valence-electron chi connectivity index (χ1n) is 9.59. The van der Waals surface area contributed by atoms with E-state index in [1.54, 1.807) is 0 Å². The highest BCUT2D eigenvalue weighted by Gasteiger charge is 2.28. The fraction of sp³-hybridized carbons (Fsp3) is 0.600. The van der Waals surface area contributed by atoms with Crippen LogP contribution < -0.4 is 10.2 Å². The van der Waals surface area contributed by atoms with Crippen molar-refractivity contribution >= 4 is 17.7 Å². The van der Waals surface area contributed by atoms with Crippen LogP contribution in [0.4, 0.5) is 10.5 Å². The number of hydrogen-bond acceptors (Lipinski definition) is 4. The van der Waals surface area contributed by atoms with Gasteiger partial charge in [-0.05, 0) is 51.2 Å². The van der Waals surface area contributed by atoms with Gasteiger partial charge in [0.25, 0.3) is 5.91 Å². The third kappa shape index (κ3) is 4.11. The van der Waals surface area contributed by atoms with Gasteiger partial charge in [0.2, 0.25) is 0 Å². The number of alkyl carbamates (subject to hydrolysis) is 1. The van der Waals surface area contributed by atoms with Gasteiger partial charge < -0.3 is 19.9 Å². The molecule has 2 heterocycles. The molecule has 3 rings (SSSR count). The maximum Gasteiger partial charge on any atom is 0.407 e. The van der Waals surface area contributed by atoms with E-state index in [1.807, 2.05) is 29.2 Å². The van der Waals surface area contributed by atoms with Gasteiger partial charge >= 0.3 is 6.09 Å². The summed E-state index contributed by atoms with van der Waals surface area (Å²) in [7, 11) is 1.38. The molecule has 1 aromatic rings. The minimum absolute atomic E-state index is 0.128. The Labute approximate surface area is 155 Å². The fourth-order valence-corrected chi connectivity index (χ4v) is 3.98. The first-order valence-corrected chi connectivity index (χ1v) is 9.59. The molecule has 0 saturated carbocycles. The Hall–Kier alpha value is -2.24. The number of benzene rings is 1. The van der Waals surface area contributed by atoms with E-state index < -0.39 is 0 Å². The van der Waals surface area contributed by atoms with Crippen LogP contribution in [0.2, 0.25) is 0 Å². The summed E-state index contributed by atoms with van der Waals surface area (Å²) >= 11 is 0. The van der Waals surface area contributed by atoms with Gasteiger partial charge in [-0.15, -0.1) is 0 Å². The number of anilines is 1. The standard InChI is InChI=1S/C20H29N3O3/c1-15-7-5-6-12-23(15)19(24)17-8-3-4-9-18(17)22-13-10-16(11-14-22)21-20(25)26-2/h3-4,8-9,15-16H,5-7,10-14H2,1-2H3,(H,21,25). The Bertz CT molecular complexity index is 641. The van der Waals surface area contributed by atoms with Crippen LogP contribution in [0.15, 0.2) is 24.3 Å². The molecule has 0 bridgehead atoms. The summed E-state index contributed by atoms with van der Waals surface area (Å²) in [5, 5.41) is 2.87. The Kier molecular flexibility index (Phi) is 6.01. The molecule has 26 heavy (non-hydrogen) atoms. The summed E-state index contributed by atoms with van der Waals surface area (Å²) < 4.78 is 4.68. The van der Waals surface area contributed by atoms with E-state index in [-0.39, 0.29) is 18.0 Å². The second-order valence-electron chi connectivity index (χ2n) is 7.26. The van der Waals surface area contributed by atoms with Crippen LogP contribution in [-0.4, -0.2) is 55.7 Å². The average molecular weight is 359 g/mol. The number of nitrogens with zero attached hydrogens (tertiary/aromatic N) is 2. The maximum atomic E-state index is 13.1. The molecule has 0 spiro atoms. The van der Waals surface area contributed by atoms with Gasteiger partial charge in [0, 0.05) is 37.4 Å². The van der Waals surface area contributed by atoms with E-state index in [2.05, 4.69) is 21.9 Å². The largest absolute Gasteiger partial charge is 0.453 e. The fourth-order valence-electron chi connectivity index (χ4n) is 3.98. The zero-order valence-corrected chi connectivity index (χ0v) is 15.7. The maximum absolute atomic E-state index is 13.1. The van der Waals surface area contributed by atoms with Crippen molar-refractivity contribution in [3.8, 4) is 0 Å². The third-order valence-electron chi connectivity index (χ3n) is 5.54. The predicted octanol–water partition coefficient (Wildman–Crippen LogP) is 3.03. The Morgan fingerprint density at radius 2 is 1.81 bits per heavy atom. The molecule has 2 fully saturated rings. The van der Waals surface area contributed by atoms with Crippen LogP contribution >= 0.6 is 0 Å². The lowest BCUT2D eigenvalue weighted by atomic mass is 10.00. The zero-order valence-electron chi connectivity index (χ0n) is 15.7. The van der Waals surface area contributed by atoms with Crippen molar-refractivity contribution in [2.24, 2.45) is 0 Å². The molecule has 6 nitrogen and oxygen atoms in total. The van der Waals surface area contributed by atoms with Crippen LogP contribution in [0.1, 0.15) is 49.4 Å². The van der Waals surface area contributed by atoms with E-state index in [0.29, 0.717) is 6.04 Å². The van der Waals surface area contributed by atoms with E-state index in [1.165, 1.54) is 13.5 Å². The molecular formula is C20H29N3O3. The van der Waals surface area contributed by atoms with Gasteiger partial charge in [-0.1, -0.05) is 12.1 Å². The van der Waals surface area contributed by atoms with Crippen molar-refractivity contribution in [1.29, 1.82) is 0 Å². The highest BCUT2D eigenvalue weighted by Crippen LogP contribution is 2.27. The number of hydrogen-bond donors (Lipinski definition) is 1. The molecule has 0 aromatic heterocycles. The minimum atomic E-state index is -0.377. The highest BCUT2D eigenvalue weighted by atomic mass is 16.5. The van der Waals surface area contributed by atoms with Crippen molar-refractivity contribution in [3.05, 3.63) is 29.8 Å². The summed E-state index contributed by atoms with van der Waals surface area (Å²) in [6.45, 7) is 4.62. The average Bonchev–Trinajstić information content (AvgIpc) is 2.68. The van der Waals surface area contributed by atoms with Crippen molar-refractivity contribution in [2.45, 2.75) is 51.1 Å². The number of methoxy groups -OCH3 is 1. The molecular weight excluding hydrogens is 330 g/mol. The van der Waals surface area contributed by atoms with E-state index in [4.69, 9.17) is 0 Å². The van der Waals surface area contributed by atoms with Crippen LogP contribution in [0.3, 0.4) is 0 Å². The minimum Gasteiger partial charge on any atom is -0.453 e. The Morgan fingerprint density at radius 1 is 1.08 bits per heavy atom. The van der Waals surface area contributed by atoms with Crippen molar-refractivity contribution in [1.82, 2.24) is 10.2 Å². The lowest BCUT2D eigenvalue weighted by Gasteiger charge is -2.37. The Balaban J connectivity index is 1.70. The number of rotatable bonds is 3. The molecule has 2 saturated heterocycles. The van der Waals surface area contributed by atoms with Gasteiger partial charge in [-0.2, -0.15) is 0 Å². The van der Waals surface area contributed by atoms with Crippen LogP contribution in [0.25, 0.3) is 0 Å². The zero-order chi connectivity index (χ0) is 18.5. The molecule has 1 N–H and O–H groups in total. The van der Waals surface area contributed by atoms with Gasteiger partial charge in [-0.25, -0.2) is 4.79 Å². The Morgan fingerprint density at radius 3 is 2.50 bits per heavy atom. The quantitative estimate of drug-likeness (QED) is 0.901. The normalized spacial score (nSPS) is 21.4. The molecule has 0 aliphatic carbocycles. The van der Waals surface area contributed by atoms with Crippen LogP contribution in [0, 0.1) is 0 Å². The van der Waals surface area contributed by atoms with Gasteiger partial charge in [0.15, 0.2) is 0 Å². The number of para-hydroxylation sites is 1. The summed E-state index contributed by atoms with van der Waals surface area (Å²) in [5.74, 6) is 0.141. The smallest absolute Gasteiger partial charge is 0.407 e. The first-order chi connectivity index (χ1) is 12.6. The molecule has 0 radical (unpaired) electrons. The van der Waals surface area contributed by atoms with Crippen LogP contribution in [0.5, 0.6) is 0 Å². The molecule has 2 aliphatic rings. The highest BCUT2D eigenvalue weighted by molar-refractivity contribution is 6.00. The molecule has 6 heteroatoms. The first kappa shape index (κ1) is 18.5. The van der Waals surface area contributed by atoms with Crippen molar-refractivity contribution in [3.63, 3.8) is 0 Å². The number of nitrogens with one attached hydrogen (secondary N) is 1. The van der Waals surface area contributed by atoms with E-state index in [9.17, 15) is 9.59 Å². The predicted molar refractivity (Wildman–Crippen MR) is 102 cm³/mol. The summed E-state index contributed by atoms with van der Waals surface area (Å²) in [6, 6.07) is 8.35. The summed E-state index contributed by atoms with van der Waals surface area (Å²) in [5.41, 5.74) is 1.80. The molecule has 2 amide bonds. The molecule has 142 valence electrons. The number of likely N-dealkylation sites (tertiary alicyclic amines) is 1. The van der Waals surface area contributed by atoms with Crippen molar-refractivity contribution < 1.29 is 14.3 Å². The lowest BCUT2D eigenvalue weighted by molar-refractivity contribution is 0.0636. The van der Waals surface area contributed by atoms with E-state index >= 15 is 0 Å². The molecule has 1 unspecified atom stereocenters. The van der Waals surface area contributed by atoms with Gasteiger partial charge in [0.1, 0.15) is 0 Å². The van der Waals surface area contributed by atoms with Crippen molar-refractivity contribution in [2.75, 3.05) is 31.6 Å². The number of piperidine rings is 2. The van der Waals surface area contributed by atoms with Gasteiger partial charge in [0.05, 0.1) is 12.7 Å². The van der Waals surface area contributed by atoms with Crippen LogP contribution in [-0.2, 0) is 4.74 Å². The summed E-state index contributed by atoms with van der Waals surface area (Å²) in [4.78, 5) is 28.8. The van der Waals surface area contributed by atoms with Gasteiger partial charge in [-0.3, -0.25) is 4.79 Å². The molecule has 2 aliphatic heterocycles. The monoisotopic (exact) mass is 359 g/mol. The third-order valence-corrected chi connectivity index (χ3v) is 5.54. The second-order valence-corrected chi connectivity index (χ2v) is 7.26. The topological polar surface area (TPSA) is 61.9 Å². The van der Waals surface area contributed by atoms with E-state index in [0.717, 1.165) is 56.6 Å². The SMILES string of the molecule is COC(=O)NC1CCN(c2ccccc2C(=O)N2CCCCC2C)CC1. The second kappa shape index (κ2) is 8.43. The molecule has 1 aromatic carbocycles. The number of carbonyl (C=O) groups is 2. The number of ether oxygens (including phenoxy) is 1.